The molecule has 2 aromatic carbocycles. The van der Waals surface area contributed by atoms with Crippen LogP contribution in [0, 0.1) is 5.82 Å². The van der Waals surface area contributed by atoms with E-state index in [9.17, 15) is 9.18 Å². The van der Waals surface area contributed by atoms with E-state index in [0.717, 1.165) is 11.1 Å². The van der Waals surface area contributed by atoms with Crippen LogP contribution in [0.25, 0.3) is 11.3 Å². The summed E-state index contributed by atoms with van der Waals surface area (Å²) in [5.74, 6) is -0.354. The number of furan rings is 1. The standard InChI is InChI=1S/C23H17FN2O2/c24-19-9-5-4-8-18(19)20-10-11-21(28-20)23(27)26-22(16-6-2-1-3-7-16)17-12-14-25-15-13-17/h1-15,22H,(H,26,27). The quantitative estimate of drug-likeness (QED) is 0.536. The van der Waals surface area contributed by atoms with Crippen LogP contribution in [0.15, 0.2) is 95.7 Å². The molecule has 0 saturated heterocycles. The van der Waals surface area contributed by atoms with Crippen molar-refractivity contribution in [3.05, 3.63) is 114 Å². The Morgan fingerprint density at radius 2 is 1.54 bits per heavy atom. The Hall–Kier alpha value is -3.73. The highest BCUT2D eigenvalue weighted by molar-refractivity contribution is 5.92. The largest absolute Gasteiger partial charge is 0.451 e. The van der Waals surface area contributed by atoms with Gasteiger partial charge in [0.25, 0.3) is 5.91 Å². The van der Waals surface area contributed by atoms with Crippen molar-refractivity contribution in [2.24, 2.45) is 0 Å². The summed E-state index contributed by atoms with van der Waals surface area (Å²) < 4.78 is 19.6. The molecule has 138 valence electrons. The molecule has 1 amide bonds. The fourth-order valence-corrected chi connectivity index (χ4v) is 3.03. The summed E-state index contributed by atoms with van der Waals surface area (Å²) in [6.07, 6.45) is 3.36. The number of halogens is 1. The van der Waals surface area contributed by atoms with Gasteiger partial charge in [-0.15, -0.1) is 0 Å². The predicted octanol–water partition coefficient (Wildman–Crippen LogP) is 5.00. The Kier molecular flexibility index (Phi) is 4.97. The Labute approximate surface area is 161 Å². The number of pyridine rings is 1. The Morgan fingerprint density at radius 1 is 0.857 bits per heavy atom. The number of benzene rings is 2. The van der Waals surface area contributed by atoms with Crippen molar-refractivity contribution in [1.82, 2.24) is 10.3 Å². The zero-order valence-corrected chi connectivity index (χ0v) is 14.9. The molecule has 1 atom stereocenters. The van der Waals surface area contributed by atoms with Gasteiger partial charge in [0.2, 0.25) is 0 Å². The average Bonchev–Trinajstić information content (AvgIpc) is 3.23. The second-order valence-corrected chi connectivity index (χ2v) is 6.24. The molecule has 0 saturated carbocycles. The van der Waals surface area contributed by atoms with Gasteiger partial charge >= 0.3 is 0 Å². The molecule has 2 aromatic heterocycles. The molecule has 0 bridgehead atoms. The van der Waals surface area contributed by atoms with Gasteiger partial charge in [0.15, 0.2) is 5.76 Å². The predicted molar refractivity (Wildman–Crippen MR) is 104 cm³/mol. The van der Waals surface area contributed by atoms with Gasteiger partial charge in [0.05, 0.1) is 11.6 Å². The molecule has 0 spiro atoms. The van der Waals surface area contributed by atoms with Gasteiger partial charge in [0, 0.05) is 12.4 Å². The van der Waals surface area contributed by atoms with Gasteiger partial charge in [-0.2, -0.15) is 0 Å². The lowest BCUT2D eigenvalue weighted by molar-refractivity contribution is 0.0916. The number of aromatic nitrogens is 1. The smallest absolute Gasteiger partial charge is 0.287 e. The highest BCUT2D eigenvalue weighted by Crippen LogP contribution is 2.26. The number of carbonyl (C=O) groups excluding carboxylic acids is 1. The van der Waals surface area contributed by atoms with Crippen molar-refractivity contribution in [3.63, 3.8) is 0 Å². The molecule has 0 aliphatic carbocycles. The molecule has 2 heterocycles. The lowest BCUT2D eigenvalue weighted by atomic mass is 9.99. The van der Waals surface area contributed by atoms with Gasteiger partial charge in [-0.1, -0.05) is 42.5 Å². The third-order valence-electron chi connectivity index (χ3n) is 4.42. The summed E-state index contributed by atoms with van der Waals surface area (Å²) in [6.45, 7) is 0. The third kappa shape index (κ3) is 3.69. The number of nitrogens with one attached hydrogen (secondary N) is 1. The van der Waals surface area contributed by atoms with Crippen LogP contribution in [0.4, 0.5) is 4.39 Å². The molecular weight excluding hydrogens is 355 g/mol. The lowest BCUT2D eigenvalue weighted by Crippen LogP contribution is -2.29. The summed E-state index contributed by atoms with van der Waals surface area (Å²) in [7, 11) is 0. The van der Waals surface area contributed by atoms with E-state index in [1.54, 1.807) is 42.7 Å². The van der Waals surface area contributed by atoms with Crippen molar-refractivity contribution in [2.75, 3.05) is 0 Å². The van der Waals surface area contributed by atoms with Crippen molar-refractivity contribution in [3.8, 4) is 11.3 Å². The van der Waals surface area contributed by atoms with Crippen LogP contribution in [0.3, 0.4) is 0 Å². The molecule has 1 N–H and O–H groups in total. The van der Waals surface area contributed by atoms with Crippen molar-refractivity contribution in [1.29, 1.82) is 0 Å². The summed E-state index contributed by atoms with van der Waals surface area (Å²) in [5.41, 5.74) is 2.15. The van der Waals surface area contributed by atoms with Gasteiger partial charge in [-0.05, 0) is 47.5 Å². The first-order chi connectivity index (χ1) is 13.7. The molecule has 4 aromatic rings. The van der Waals surface area contributed by atoms with Gasteiger partial charge in [-0.25, -0.2) is 4.39 Å². The highest BCUT2D eigenvalue weighted by atomic mass is 19.1. The first kappa shape index (κ1) is 17.7. The molecule has 0 aliphatic rings. The van der Waals surface area contributed by atoms with Crippen molar-refractivity contribution >= 4 is 5.91 Å². The maximum absolute atomic E-state index is 14.0. The monoisotopic (exact) mass is 372 g/mol. The number of amides is 1. The Bertz CT molecular complexity index is 1040. The minimum Gasteiger partial charge on any atom is -0.451 e. The minimum absolute atomic E-state index is 0.119. The van der Waals surface area contributed by atoms with Gasteiger partial charge in [0.1, 0.15) is 11.6 Å². The van der Waals surface area contributed by atoms with Crippen LogP contribution >= 0.6 is 0 Å². The van der Waals surface area contributed by atoms with Crippen LogP contribution in [0.1, 0.15) is 27.7 Å². The molecule has 0 fully saturated rings. The summed E-state index contributed by atoms with van der Waals surface area (Å²) in [6, 6.07) is 22.4. The number of carbonyl (C=O) groups is 1. The topological polar surface area (TPSA) is 55.1 Å². The van der Waals surface area contributed by atoms with Crippen molar-refractivity contribution in [2.45, 2.75) is 6.04 Å². The molecule has 4 nitrogen and oxygen atoms in total. The second-order valence-electron chi connectivity index (χ2n) is 6.24. The Morgan fingerprint density at radius 3 is 2.29 bits per heavy atom. The fourth-order valence-electron chi connectivity index (χ4n) is 3.03. The SMILES string of the molecule is O=C(NC(c1ccccc1)c1ccncc1)c1ccc(-c2ccccc2F)o1. The second kappa shape index (κ2) is 7.88. The average molecular weight is 372 g/mol. The van der Waals surface area contributed by atoms with E-state index in [0.29, 0.717) is 11.3 Å². The molecule has 0 aliphatic heterocycles. The number of hydrogen-bond donors (Lipinski definition) is 1. The van der Waals surface area contributed by atoms with Crippen LogP contribution in [-0.2, 0) is 0 Å². The summed E-state index contributed by atoms with van der Waals surface area (Å²) >= 11 is 0. The van der Waals surface area contributed by atoms with E-state index in [2.05, 4.69) is 10.3 Å². The molecule has 1 unspecified atom stereocenters. The number of rotatable bonds is 5. The normalized spacial score (nSPS) is 11.8. The van der Waals surface area contributed by atoms with E-state index >= 15 is 0 Å². The summed E-state index contributed by atoms with van der Waals surface area (Å²) in [4.78, 5) is 16.9. The molecule has 5 heteroatoms. The molecular formula is C23H17FN2O2. The van der Waals surface area contributed by atoms with Crippen LogP contribution in [-0.4, -0.2) is 10.9 Å². The lowest BCUT2D eigenvalue weighted by Gasteiger charge is -2.19. The first-order valence-corrected chi connectivity index (χ1v) is 8.83. The zero-order chi connectivity index (χ0) is 19.3. The maximum atomic E-state index is 14.0. The van der Waals surface area contributed by atoms with Crippen LogP contribution in [0.2, 0.25) is 0 Å². The Balaban J connectivity index is 1.61. The van der Waals surface area contributed by atoms with E-state index in [4.69, 9.17) is 4.42 Å². The van der Waals surface area contributed by atoms with Crippen LogP contribution < -0.4 is 5.32 Å². The zero-order valence-electron chi connectivity index (χ0n) is 14.9. The van der Waals surface area contributed by atoms with Crippen LogP contribution in [0.5, 0.6) is 0 Å². The van der Waals surface area contributed by atoms with Crippen molar-refractivity contribution < 1.29 is 13.6 Å². The minimum atomic E-state index is -0.400. The number of hydrogen-bond acceptors (Lipinski definition) is 3. The molecule has 28 heavy (non-hydrogen) atoms. The molecule has 4 rings (SSSR count). The van der Waals surface area contributed by atoms with E-state index in [1.165, 1.54) is 6.07 Å². The summed E-state index contributed by atoms with van der Waals surface area (Å²) in [5, 5.41) is 2.99. The number of nitrogens with zero attached hydrogens (tertiary/aromatic N) is 1. The van der Waals surface area contributed by atoms with Gasteiger partial charge in [-0.3, -0.25) is 9.78 Å². The maximum Gasteiger partial charge on any atom is 0.287 e. The van der Waals surface area contributed by atoms with E-state index in [1.807, 2.05) is 42.5 Å². The highest BCUT2D eigenvalue weighted by Gasteiger charge is 2.20. The first-order valence-electron chi connectivity index (χ1n) is 8.83. The van der Waals surface area contributed by atoms with E-state index < -0.39 is 5.82 Å². The third-order valence-corrected chi connectivity index (χ3v) is 4.42. The van der Waals surface area contributed by atoms with Gasteiger partial charge < -0.3 is 9.73 Å². The fraction of sp³-hybridized carbons (Fsp3) is 0.0435. The van der Waals surface area contributed by atoms with E-state index in [-0.39, 0.29) is 17.7 Å². The molecule has 0 radical (unpaired) electrons.